The van der Waals surface area contributed by atoms with E-state index >= 15 is 0 Å². The number of amides is 1. The van der Waals surface area contributed by atoms with Crippen LogP contribution in [0.15, 0.2) is 24.3 Å². The fraction of sp³-hybridized carbons (Fsp3) is 0.333. The zero-order chi connectivity index (χ0) is 13.3. The molecule has 1 aliphatic heterocycles. The molecule has 1 fully saturated rings. The zero-order valence-corrected chi connectivity index (χ0v) is 9.41. The molecule has 0 aromatic heterocycles. The van der Waals surface area contributed by atoms with E-state index in [9.17, 15) is 24.2 Å². The summed E-state index contributed by atoms with van der Waals surface area (Å²) >= 11 is 0. The number of β-amino-alcohol motifs (C(OH)–C–C–N with tert-alkyl or cyclic N) is 1. The van der Waals surface area contributed by atoms with Gasteiger partial charge in [-0.2, -0.15) is 0 Å². The number of likely N-dealkylation sites (tertiary alicyclic amines) is 1. The molecule has 96 valence electrons. The molecule has 1 aromatic rings. The fourth-order valence-electron chi connectivity index (χ4n) is 2.06. The molecule has 2 rings (SSSR count). The van der Waals surface area contributed by atoms with Crippen molar-refractivity contribution >= 4 is 11.9 Å². The number of hydrogen-bond donors (Lipinski definition) is 2. The van der Waals surface area contributed by atoms with Gasteiger partial charge in [0.1, 0.15) is 5.82 Å². The third-order valence-corrected chi connectivity index (χ3v) is 2.87. The molecule has 5 nitrogen and oxygen atoms in total. The number of hydrogen-bond acceptors (Lipinski definition) is 3. The first kappa shape index (κ1) is 12.5. The van der Waals surface area contributed by atoms with Crippen LogP contribution < -0.4 is 0 Å². The van der Waals surface area contributed by atoms with E-state index < -0.39 is 29.8 Å². The number of benzene rings is 1. The van der Waals surface area contributed by atoms with Gasteiger partial charge in [0.25, 0.3) is 0 Å². The molecule has 1 saturated heterocycles. The molecule has 0 aliphatic carbocycles. The van der Waals surface area contributed by atoms with Gasteiger partial charge in [0.05, 0.1) is 12.5 Å². The number of carboxylic acid groups (broad SMARTS) is 1. The summed E-state index contributed by atoms with van der Waals surface area (Å²) in [7, 11) is 0. The van der Waals surface area contributed by atoms with Crippen molar-refractivity contribution in [1.29, 1.82) is 0 Å². The van der Waals surface area contributed by atoms with Gasteiger partial charge in [0.15, 0.2) is 6.04 Å². The van der Waals surface area contributed by atoms with Crippen molar-refractivity contribution in [3.05, 3.63) is 35.6 Å². The predicted octanol–water partition coefficient (Wildman–Crippen LogP) is 0.545. The van der Waals surface area contributed by atoms with E-state index in [0.29, 0.717) is 5.56 Å². The van der Waals surface area contributed by atoms with Gasteiger partial charge in [-0.25, -0.2) is 9.18 Å². The predicted molar refractivity (Wildman–Crippen MR) is 59.1 cm³/mol. The molecule has 0 spiro atoms. The second kappa shape index (κ2) is 4.73. The highest BCUT2D eigenvalue weighted by molar-refractivity contribution is 5.86. The summed E-state index contributed by atoms with van der Waals surface area (Å²) in [5.41, 5.74) is 0.311. The molecule has 2 unspecified atom stereocenters. The SMILES string of the molecule is O=C(O)C(c1ccc(F)cc1)N1CC(O)CC1=O. The largest absolute Gasteiger partial charge is 0.479 e. The molecule has 1 heterocycles. The van der Waals surface area contributed by atoms with Gasteiger partial charge >= 0.3 is 5.97 Å². The van der Waals surface area contributed by atoms with Crippen LogP contribution in [0.2, 0.25) is 0 Å². The van der Waals surface area contributed by atoms with Gasteiger partial charge in [-0.3, -0.25) is 4.79 Å². The molecule has 1 aliphatic rings. The Morgan fingerprint density at radius 3 is 2.44 bits per heavy atom. The second-order valence-electron chi connectivity index (χ2n) is 4.20. The van der Waals surface area contributed by atoms with E-state index in [1.807, 2.05) is 0 Å². The molecule has 1 amide bonds. The highest BCUT2D eigenvalue weighted by atomic mass is 19.1. The second-order valence-corrected chi connectivity index (χ2v) is 4.20. The summed E-state index contributed by atoms with van der Waals surface area (Å²) in [6.45, 7) is -0.0207. The zero-order valence-electron chi connectivity index (χ0n) is 9.41. The summed E-state index contributed by atoms with van der Waals surface area (Å²) in [6, 6.07) is 3.75. The fourth-order valence-corrected chi connectivity index (χ4v) is 2.06. The van der Waals surface area contributed by atoms with Gasteiger partial charge in [-0.1, -0.05) is 12.1 Å². The Balaban J connectivity index is 2.32. The van der Waals surface area contributed by atoms with Crippen LogP contribution in [0.5, 0.6) is 0 Å². The van der Waals surface area contributed by atoms with E-state index in [-0.39, 0.29) is 13.0 Å². The minimum Gasteiger partial charge on any atom is -0.479 e. The summed E-state index contributed by atoms with van der Waals surface area (Å²) in [5, 5.41) is 18.6. The topological polar surface area (TPSA) is 77.8 Å². The standard InChI is InChI=1S/C12H12FNO4/c13-8-3-1-7(2-4-8)11(12(17)18)14-6-9(15)5-10(14)16/h1-4,9,11,15H,5-6H2,(H,17,18). The van der Waals surface area contributed by atoms with Crippen LogP contribution in [-0.4, -0.2) is 39.6 Å². The maximum Gasteiger partial charge on any atom is 0.331 e. The van der Waals surface area contributed by atoms with E-state index in [0.717, 1.165) is 17.0 Å². The number of aliphatic hydroxyl groups is 1. The lowest BCUT2D eigenvalue weighted by atomic mass is 10.1. The Labute approximate surface area is 102 Å². The first-order chi connectivity index (χ1) is 8.49. The smallest absolute Gasteiger partial charge is 0.331 e. The molecular weight excluding hydrogens is 241 g/mol. The average Bonchev–Trinajstić information content (AvgIpc) is 2.61. The van der Waals surface area contributed by atoms with E-state index in [2.05, 4.69) is 0 Å². The van der Waals surface area contributed by atoms with Gasteiger partial charge in [0.2, 0.25) is 5.91 Å². The third-order valence-electron chi connectivity index (χ3n) is 2.87. The number of nitrogens with zero attached hydrogens (tertiary/aromatic N) is 1. The summed E-state index contributed by atoms with van der Waals surface area (Å²) in [6.07, 6.45) is -0.926. The quantitative estimate of drug-likeness (QED) is 0.824. The van der Waals surface area contributed by atoms with E-state index in [4.69, 9.17) is 0 Å². The number of carbonyl (C=O) groups is 2. The van der Waals surface area contributed by atoms with Crippen molar-refractivity contribution < 1.29 is 24.2 Å². The van der Waals surface area contributed by atoms with Crippen molar-refractivity contribution in [3.63, 3.8) is 0 Å². The van der Waals surface area contributed by atoms with E-state index in [1.165, 1.54) is 12.1 Å². The Morgan fingerprint density at radius 2 is 2.00 bits per heavy atom. The molecule has 0 radical (unpaired) electrons. The lowest BCUT2D eigenvalue weighted by molar-refractivity contribution is -0.148. The lowest BCUT2D eigenvalue weighted by Gasteiger charge is -2.24. The molecule has 2 N–H and O–H groups in total. The normalized spacial score (nSPS) is 21.1. The van der Waals surface area contributed by atoms with Gasteiger partial charge in [0, 0.05) is 6.54 Å². The highest BCUT2D eigenvalue weighted by Crippen LogP contribution is 2.26. The van der Waals surface area contributed by atoms with Gasteiger partial charge in [-0.05, 0) is 17.7 Å². The minimum absolute atomic E-state index is 0.0207. The Bertz CT molecular complexity index is 473. The first-order valence-corrected chi connectivity index (χ1v) is 5.45. The Hall–Kier alpha value is -1.95. The molecule has 0 bridgehead atoms. The number of aliphatic carboxylic acids is 1. The number of carboxylic acids is 1. The van der Waals surface area contributed by atoms with Crippen molar-refractivity contribution in [1.82, 2.24) is 4.90 Å². The summed E-state index contributed by atoms with van der Waals surface area (Å²) < 4.78 is 12.8. The summed E-state index contributed by atoms with van der Waals surface area (Å²) in [4.78, 5) is 24.0. The summed E-state index contributed by atoms with van der Waals surface area (Å²) in [5.74, 6) is -2.10. The van der Waals surface area contributed by atoms with Crippen LogP contribution in [0, 0.1) is 5.82 Å². The van der Waals surface area contributed by atoms with Crippen molar-refractivity contribution in [3.8, 4) is 0 Å². The molecular formula is C12H12FNO4. The van der Waals surface area contributed by atoms with Crippen LogP contribution in [0.3, 0.4) is 0 Å². The number of halogens is 1. The van der Waals surface area contributed by atoms with Gasteiger partial charge in [-0.15, -0.1) is 0 Å². The van der Waals surface area contributed by atoms with Crippen LogP contribution in [0.1, 0.15) is 18.0 Å². The number of carbonyl (C=O) groups excluding carboxylic acids is 1. The molecule has 1 aromatic carbocycles. The molecule has 18 heavy (non-hydrogen) atoms. The highest BCUT2D eigenvalue weighted by Gasteiger charge is 2.37. The third kappa shape index (κ3) is 2.33. The minimum atomic E-state index is -1.20. The molecule has 0 saturated carbocycles. The van der Waals surface area contributed by atoms with E-state index in [1.54, 1.807) is 0 Å². The number of aliphatic hydroxyl groups excluding tert-OH is 1. The van der Waals surface area contributed by atoms with Crippen LogP contribution in [0.25, 0.3) is 0 Å². The van der Waals surface area contributed by atoms with Gasteiger partial charge < -0.3 is 15.1 Å². The van der Waals surface area contributed by atoms with Crippen molar-refractivity contribution in [2.75, 3.05) is 6.54 Å². The Morgan fingerprint density at radius 1 is 1.39 bits per heavy atom. The van der Waals surface area contributed by atoms with Crippen LogP contribution in [0.4, 0.5) is 4.39 Å². The number of rotatable bonds is 3. The molecule has 6 heteroatoms. The van der Waals surface area contributed by atoms with Crippen LogP contribution >= 0.6 is 0 Å². The Kier molecular flexibility index (Phi) is 3.29. The lowest BCUT2D eigenvalue weighted by Crippen LogP contribution is -2.35. The van der Waals surface area contributed by atoms with Crippen molar-refractivity contribution in [2.45, 2.75) is 18.6 Å². The molecule has 2 atom stereocenters. The average molecular weight is 253 g/mol. The monoisotopic (exact) mass is 253 g/mol. The van der Waals surface area contributed by atoms with Crippen molar-refractivity contribution in [2.24, 2.45) is 0 Å². The maximum absolute atomic E-state index is 12.8. The first-order valence-electron chi connectivity index (χ1n) is 5.45. The maximum atomic E-state index is 12.8. The van der Waals surface area contributed by atoms with Crippen LogP contribution in [-0.2, 0) is 9.59 Å².